The lowest BCUT2D eigenvalue weighted by Crippen LogP contribution is -2.11. The van der Waals surface area contributed by atoms with Gasteiger partial charge in [-0.15, -0.1) is 0 Å². The highest BCUT2D eigenvalue weighted by Gasteiger charge is 2.09. The monoisotopic (exact) mass is 274 g/mol. The maximum Gasteiger partial charge on any atom is 0.161 e. The normalized spacial score (nSPS) is 10.9. The molecule has 0 amide bonds. The van der Waals surface area contributed by atoms with Gasteiger partial charge in [-0.25, -0.2) is 20.2 Å². The van der Waals surface area contributed by atoms with E-state index in [1.807, 2.05) is 12.1 Å². The first-order valence-corrected chi connectivity index (χ1v) is 6.60. The summed E-state index contributed by atoms with van der Waals surface area (Å²) < 4.78 is 13.7. The lowest BCUT2D eigenvalue weighted by Gasteiger charge is -2.10. The lowest BCUT2D eigenvalue weighted by molar-refractivity contribution is 0.618. The van der Waals surface area contributed by atoms with Crippen molar-refractivity contribution in [3.05, 3.63) is 41.3 Å². The molecule has 0 fully saturated rings. The van der Waals surface area contributed by atoms with Crippen LogP contribution in [0, 0.1) is 18.7 Å². The molecule has 0 aliphatic carbocycles. The van der Waals surface area contributed by atoms with E-state index in [1.165, 1.54) is 6.07 Å². The van der Waals surface area contributed by atoms with Gasteiger partial charge in [-0.3, -0.25) is 0 Å². The van der Waals surface area contributed by atoms with Crippen LogP contribution in [0.15, 0.2) is 24.3 Å². The molecule has 0 spiro atoms. The Bertz CT molecular complexity index is 611. The fourth-order valence-corrected chi connectivity index (χ4v) is 1.96. The third kappa shape index (κ3) is 3.30. The number of aromatic nitrogens is 2. The van der Waals surface area contributed by atoms with Gasteiger partial charge < -0.3 is 5.43 Å². The molecule has 0 radical (unpaired) electrons. The fraction of sp³-hybridized carbons (Fsp3) is 0.333. The quantitative estimate of drug-likeness (QED) is 0.664. The predicted molar refractivity (Wildman–Crippen MR) is 78.5 cm³/mol. The molecule has 1 aromatic heterocycles. The van der Waals surface area contributed by atoms with Crippen LogP contribution in [0.3, 0.4) is 0 Å². The summed E-state index contributed by atoms with van der Waals surface area (Å²) in [5.41, 5.74) is 4.67. The van der Waals surface area contributed by atoms with Crippen LogP contribution in [0.2, 0.25) is 0 Å². The number of nitrogens with zero attached hydrogens (tertiary/aromatic N) is 2. The molecule has 0 saturated carbocycles. The van der Waals surface area contributed by atoms with Crippen molar-refractivity contribution in [2.45, 2.75) is 27.2 Å². The summed E-state index contributed by atoms with van der Waals surface area (Å²) in [5, 5.41) is 0. The summed E-state index contributed by atoms with van der Waals surface area (Å²) >= 11 is 0. The van der Waals surface area contributed by atoms with Gasteiger partial charge in [0.25, 0.3) is 0 Å². The van der Waals surface area contributed by atoms with E-state index >= 15 is 0 Å². The number of aryl methyl sites for hydroxylation is 1. The van der Waals surface area contributed by atoms with Gasteiger partial charge in [0.05, 0.1) is 0 Å². The largest absolute Gasteiger partial charge is 0.308 e. The Balaban J connectivity index is 2.46. The number of rotatable bonds is 4. The van der Waals surface area contributed by atoms with E-state index in [4.69, 9.17) is 5.84 Å². The second kappa shape index (κ2) is 5.96. The van der Waals surface area contributed by atoms with Crippen LogP contribution in [0.5, 0.6) is 0 Å². The molecule has 20 heavy (non-hydrogen) atoms. The Hall–Kier alpha value is -2.01. The zero-order chi connectivity index (χ0) is 14.7. The number of hydrogen-bond acceptors (Lipinski definition) is 4. The molecule has 106 valence electrons. The Morgan fingerprint density at radius 1 is 1.25 bits per heavy atom. The van der Waals surface area contributed by atoms with Gasteiger partial charge in [0.2, 0.25) is 0 Å². The lowest BCUT2D eigenvalue weighted by atomic mass is 10.1. The maximum atomic E-state index is 13.7. The van der Waals surface area contributed by atoms with E-state index in [1.54, 1.807) is 13.0 Å². The molecule has 1 heterocycles. The smallest absolute Gasteiger partial charge is 0.161 e. The zero-order valence-electron chi connectivity index (χ0n) is 11.9. The highest BCUT2D eigenvalue weighted by Crippen LogP contribution is 2.21. The van der Waals surface area contributed by atoms with E-state index in [-0.39, 0.29) is 5.82 Å². The molecule has 3 N–H and O–H groups in total. The van der Waals surface area contributed by atoms with Crippen LogP contribution < -0.4 is 11.3 Å². The summed E-state index contributed by atoms with van der Waals surface area (Å²) in [6.45, 7) is 5.95. The van der Waals surface area contributed by atoms with Crippen molar-refractivity contribution in [3.63, 3.8) is 0 Å². The van der Waals surface area contributed by atoms with Gasteiger partial charge in [-0.05, 0) is 30.9 Å². The maximum absolute atomic E-state index is 13.7. The third-order valence-corrected chi connectivity index (χ3v) is 2.97. The van der Waals surface area contributed by atoms with Gasteiger partial charge in [0.15, 0.2) is 5.82 Å². The zero-order valence-corrected chi connectivity index (χ0v) is 11.9. The van der Waals surface area contributed by atoms with Crippen molar-refractivity contribution in [3.8, 4) is 11.4 Å². The van der Waals surface area contributed by atoms with Gasteiger partial charge in [-0.2, -0.15) is 0 Å². The number of nitrogens with one attached hydrogen (secondary N) is 1. The third-order valence-electron chi connectivity index (χ3n) is 2.97. The number of hydrazine groups is 1. The topological polar surface area (TPSA) is 63.8 Å². The summed E-state index contributed by atoms with van der Waals surface area (Å²) in [4.78, 5) is 8.78. The molecule has 2 aromatic rings. The fourth-order valence-electron chi connectivity index (χ4n) is 1.96. The summed E-state index contributed by atoms with van der Waals surface area (Å²) in [7, 11) is 0. The minimum Gasteiger partial charge on any atom is -0.308 e. The second-order valence-corrected chi connectivity index (χ2v) is 5.27. The molecule has 2 rings (SSSR count). The summed E-state index contributed by atoms with van der Waals surface area (Å²) in [6, 6.07) is 6.80. The van der Waals surface area contributed by atoms with Gasteiger partial charge in [0, 0.05) is 17.3 Å². The van der Waals surface area contributed by atoms with E-state index < -0.39 is 0 Å². The number of hydrogen-bond donors (Lipinski definition) is 2. The molecule has 0 unspecified atom stereocenters. The van der Waals surface area contributed by atoms with Crippen LogP contribution in [0.4, 0.5) is 10.2 Å². The minimum absolute atomic E-state index is 0.261. The molecule has 0 aliphatic heterocycles. The number of nitrogen functional groups attached to an aromatic ring is 1. The number of nitrogens with two attached hydrogens (primary N) is 1. The molecular formula is C15H19FN4. The van der Waals surface area contributed by atoms with E-state index in [2.05, 4.69) is 29.2 Å². The SMILES string of the molecule is Cc1ccc(-c2nc(CC(C)C)cc(NN)n2)cc1F. The van der Waals surface area contributed by atoms with Gasteiger partial charge in [-0.1, -0.05) is 26.0 Å². The number of halogens is 1. The van der Waals surface area contributed by atoms with Crippen LogP contribution in [-0.2, 0) is 6.42 Å². The van der Waals surface area contributed by atoms with Crippen molar-refractivity contribution in [2.75, 3.05) is 5.43 Å². The molecular weight excluding hydrogens is 255 g/mol. The highest BCUT2D eigenvalue weighted by molar-refractivity contribution is 5.58. The van der Waals surface area contributed by atoms with Gasteiger partial charge in [0.1, 0.15) is 11.6 Å². The van der Waals surface area contributed by atoms with Crippen molar-refractivity contribution in [1.29, 1.82) is 0 Å². The average Bonchev–Trinajstić information content (AvgIpc) is 2.40. The Labute approximate surface area is 118 Å². The average molecular weight is 274 g/mol. The van der Waals surface area contributed by atoms with Crippen molar-refractivity contribution in [2.24, 2.45) is 11.8 Å². The van der Waals surface area contributed by atoms with Crippen molar-refractivity contribution >= 4 is 5.82 Å². The molecule has 5 heteroatoms. The molecule has 4 nitrogen and oxygen atoms in total. The first-order chi connectivity index (χ1) is 9.49. The minimum atomic E-state index is -0.261. The highest BCUT2D eigenvalue weighted by atomic mass is 19.1. The summed E-state index contributed by atoms with van der Waals surface area (Å²) in [5.74, 6) is 6.66. The van der Waals surface area contributed by atoms with Crippen molar-refractivity contribution < 1.29 is 4.39 Å². The predicted octanol–water partition coefficient (Wildman–Crippen LogP) is 3.08. The Morgan fingerprint density at radius 2 is 2.00 bits per heavy atom. The van der Waals surface area contributed by atoms with Gasteiger partial charge >= 0.3 is 0 Å². The van der Waals surface area contributed by atoms with Crippen LogP contribution >= 0.6 is 0 Å². The Kier molecular flexibility index (Phi) is 4.29. The Morgan fingerprint density at radius 3 is 2.60 bits per heavy atom. The second-order valence-electron chi connectivity index (χ2n) is 5.27. The van der Waals surface area contributed by atoms with Crippen molar-refractivity contribution in [1.82, 2.24) is 9.97 Å². The molecule has 0 saturated heterocycles. The van der Waals surface area contributed by atoms with Crippen LogP contribution in [-0.4, -0.2) is 9.97 Å². The first-order valence-electron chi connectivity index (χ1n) is 6.60. The van der Waals surface area contributed by atoms with Crippen LogP contribution in [0.25, 0.3) is 11.4 Å². The number of anilines is 1. The van der Waals surface area contributed by atoms with Crippen LogP contribution in [0.1, 0.15) is 25.1 Å². The van der Waals surface area contributed by atoms with E-state index in [0.717, 1.165) is 12.1 Å². The summed E-state index contributed by atoms with van der Waals surface area (Å²) in [6.07, 6.45) is 0.818. The van der Waals surface area contributed by atoms with E-state index in [9.17, 15) is 4.39 Å². The van der Waals surface area contributed by atoms with E-state index in [0.29, 0.717) is 28.7 Å². The molecule has 0 atom stereocenters. The molecule has 0 bridgehead atoms. The molecule has 1 aromatic carbocycles. The molecule has 0 aliphatic rings. The first kappa shape index (κ1) is 14.4. The standard InChI is InChI=1S/C15H19FN4/c1-9(2)6-12-8-14(20-17)19-15(18-12)11-5-4-10(3)13(16)7-11/h4-5,7-9H,6,17H2,1-3H3,(H,18,19,20). The number of benzene rings is 1.